The molecule has 1 aromatic heterocycles. The summed E-state index contributed by atoms with van der Waals surface area (Å²) >= 11 is 0. The number of nitrogens with one attached hydrogen (secondary N) is 1. The molecule has 9 heteroatoms. The second-order valence-electron chi connectivity index (χ2n) is 7.91. The van der Waals surface area contributed by atoms with Gasteiger partial charge in [-0.05, 0) is 55.7 Å². The Balaban J connectivity index is 1.73. The summed E-state index contributed by atoms with van der Waals surface area (Å²) in [4.78, 5) is 11.5. The Labute approximate surface area is 192 Å². The topological polar surface area (TPSA) is 102 Å². The van der Waals surface area contributed by atoms with E-state index < -0.39 is 10.0 Å². The minimum absolute atomic E-state index is 0.0755. The maximum absolute atomic E-state index is 13.7. The molecule has 8 nitrogen and oxygen atoms in total. The van der Waals surface area contributed by atoms with Crippen LogP contribution in [0.5, 0.6) is 5.75 Å². The van der Waals surface area contributed by atoms with Gasteiger partial charge in [-0.1, -0.05) is 35.5 Å². The number of amides is 1. The zero-order valence-corrected chi connectivity index (χ0v) is 19.6. The van der Waals surface area contributed by atoms with Crippen molar-refractivity contribution in [2.24, 2.45) is 0 Å². The van der Waals surface area contributed by atoms with Crippen LogP contribution >= 0.6 is 0 Å². The fourth-order valence-corrected chi connectivity index (χ4v) is 5.90. The molecule has 0 spiro atoms. The summed E-state index contributed by atoms with van der Waals surface area (Å²) in [5.41, 5.74) is 3.32. The molecule has 1 unspecified atom stereocenters. The lowest BCUT2D eigenvalue weighted by atomic mass is 10.1. The van der Waals surface area contributed by atoms with Crippen LogP contribution in [0.4, 0.5) is 11.4 Å². The maximum atomic E-state index is 13.7. The van der Waals surface area contributed by atoms with Gasteiger partial charge in [0.25, 0.3) is 10.0 Å². The van der Waals surface area contributed by atoms with Crippen LogP contribution in [0.3, 0.4) is 0 Å². The molecule has 2 heterocycles. The normalized spacial score (nSPS) is 15.6. The largest absolute Gasteiger partial charge is 0.495 e. The highest BCUT2D eigenvalue weighted by Crippen LogP contribution is 2.39. The van der Waals surface area contributed by atoms with Crippen molar-refractivity contribution in [1.82, 2.24) is 5.16 Å². The van der Waals surface area contributed by atoms with Gasteiger partial charge in [0.05, 0.1) is 12.8 Å². The van der Waals surface area contributed by atoms with Crippen LogP contribution in [0.1, 0.15) is 36.4 Å². The summed E-state index contributed by atoms with van der Waals surface area (Å²) in [6.07, 6.45) is 3.98. The number of ether oxygens (including phenoxy) is 1. The van der Waals surface area contributed by atoms with Gasteiger partial charge in [-0.25, -0.2) is 8.42 Å². The van der Waals surface area contributed by atoms with Gasteiger partial charge < -0.3 is 14.6 Å². The molecule has 1 aliphatic rings. The lowest BCUT2D eigenvalue weighted by Gasteiger charge is -2.25. The number of methoxy groups -OCH3 is 1. The van der Waals surface area contributed by atoms with Gasteiger partial charge in [0.15, 0.2) is 5.76 Å². The summed E-state index contributed by atoms with van der Waals surface area (Å²) in [7, 11) is -2.44. The summed E-state index contributed by atoms with van der Waals surface area (Å²) in [5, 5.41) is 6.58. The van der Waals surface area contributed by atoms with Gasteiger partial charge >= 0.3 is 0 Å². The molecular formula is C24H25N3O5S. The second kappa shape index (κ2) is 8.74. The standard InChI is InChI=1S/C24H25N3O5S/c1-15-13-19-7-5-6-8-20(19)27(15)33(29,30)23-14-18(9-11-21(23)31-4)10-12-22-24(25-17(3)28)16(2)26-32-22/h5-12,14-15H,13H2,1-4H3,(H,25,28). The third-order valence-corrected chi connectivity index (χ3v) is 7.44. The van der Waals surface area contributed by atoms with E-state index in [0.29, 0.717) is 34.8 Å². The number of nitrogens with zero attached hydrogens (tertiary/aromatic N) is 2. The van der Waals surface area contributed by atoms with Gasteiger partial charge in [-0.3, -0.25) is 9.10 Å². The highest BCUT2D eigenvalue weighted by molar-refractivity contribution is 7.93. The number of aromatic nitrogens is 1. The molecule has 0 fully saturated rings. The average Bonchev–Trinajstić information content (AvgIpc) is 3.30. The van der Waals surface area contributed by atoms with Crippen LogP contribution < -0.4 is 14.4 Å². The van der Waals surface area contributed by atoms with Gasteiger partial charge in [-0.15, -0.1) is 0 Å². The van der Waals surface area contributed by atoms with Crippen molar-refractivity contribution in [2.75, 3.05) is 16.7 Å². The zero-order valence-electron chi connectivity index (χ0n) is 18.8. The van der Waals surface area contributed by atoms with Gasteiger partial charge in [0, 0.05) is 13.0 Å². The van der Waals surface area contributed by atoms with Crippen molar-refractivity contribution < 1.29 is 22.5 Å². The number of hydrogen-bond donors (Lipinski definition) is 1. The van der Waals surface area contributed by atoms with E-state index in [9.17, 15) is 13.2 Å². The summed E-state index contributed by atoms with van der Waals surface area (Å²) < 4.78 is 39.6. The fourth-order valence-electron chi connectivity index (χ4n) is 4.01. The molecule has 1 atom stereocenters. The van der Waals surface area contributed by atoms with Crippen LogP contribution in [-0.4, -0.2) is 32.6 Å². The molecular weight excluding hydrogens is 442 g/mol. The number of rotatable bonds is 6. The lowest BCUT2D eigenvalue weighted by Crippen LogP contribution is -2.36. The number of carbonyl (C=O) groups excluding carboxylic acids is 1. The van der Waals surface area contributed by atoms with Gasteiger partial charge in [0.2, 0.25) is 5.91 Å². The van der Waals surface area contributed by atoms with Crippen molar-refractivity contribution in [2.45, 2.75) is 38.1 Å². The van der Waals surface area contributed by atoms with Gasteiger partial charge in [0.1, 0.15) is 22.0 Å². The second-order valence-corrected chi connectivity index (χ2v) is 9.70. The molecule has 1 aliphatic heterocycles. The number of hydrogen-bond acceptors (Lipinski definition) is 6. The van der Waals surface area contributed by atoms with E-state index in [1.54, 1.807) is 37.3 Å². The molecule has 0 radical (unpaired) electrons. The molecule has 4 rings (SSSR count). The van der Waals surface area contributed by atoms with E-state index in [2.05, 4.69) is 10.5 Å². The molecule has 1 amide bonds. The first-order valence-corrected chi connectivity index (χ1v) is 11.9. The Morgan fingerprint density at radius 2 is 2.00 bits per heavy atom. The summed E-state index contributed by atoms with van der Waals surface area (Å²) in [6, 6.07) is 12.2. The average molecular weight is 468 g/mol. The Bertz CT molecular complexity index is 1340. The van der Waals surface area contributed by atoms with Crippen molar-refractivity contribution in [3.05, 3.63) is 65.0 Å². The summed E-state index contributed by atoms with van der Waals surface area (Å²) in [6.45, 7) is 5.01. The third-order valence-electron chi connectivity index (χ3n) is 5.49. The molecule has 1 N–H and O–H groups in total. The van der Waals surface area contributed by atoms with Crippen molar-refractivity contribution in [1.29, 1.82) is 0 Å². The van der Waals surface area contributed by atoms with E-state index >= 15 is 0 Å². The van der Waals surface area contributed by atoms with E-state index in [4.69, 9.17) is 9.26 Å². The first-order chi connectivity index (χ1) is 15.7. The molecule has 0 aliphatic carbocycles. The van der Waals surface area contributed by atoms with E-state index in [0.717, 1.165) is 5.56 Å². The Morgan fingerprint density at radius 3 is 2.73 bits per heavy atom. The number of anilines is 2. The fraction of sp³-hybridized carbons (Fsp3) is 0.250. The first-order valence-electron chi connectivity index (χ1n) is 10.4. The predicted octanol–water partition coefficient (Wildman–Crippen LogP) is 4.26. The molecule has 2 aromatic carbocycles. The summed E-state index contributed by atoms with van der Waals surface area (Å²) in [5.74, 6) is 0.386. The third kappa shape index (κ3) is 4.23. The highest BCUT2D eigenvalue weighted by atomic mass is 32.2. The quantitative estimate of drug-likeness (QED) is 0.581. The van der Waals surface area contributed by atoms with Crippen LogP contribution in [0.15, 0.2) is 51.9 Å². The SMILES string of the molecule is COc1ccc(C=Cc2onc(C)c2NC(C)=O)cc1S(=O)(=O)N1c2ccccc2CC1C. The molecule has 0 saturated heterocycles. The van der Waals surface area contributed by atoms with Crippen LogP contribution in [0.2, 0.25) is 0 Å². The number of para-hydroxylation sites is 1. The van der Waals surface area contributed by atoms with Crippen LogP contribution in [0.25, 0.3) is 12.2 Å². The number of carbonyl (C=O) groups is 1. The zero-order chi connectivity index (χ0) is 23.8. The molecule has 0 bridgehead atoms. The van der Waals surface area contributed by atoms with Gasteiger partial charge in [-0.2, -0.15) is 0 Å². The lowest BCUT2D eigenvalue weighted by molar-refractivity contribution is -0.114. The van der Waals surface area contributed by atoms with Crippen molar-refractivity contribution >= 4 is 39.5 Å². The minimum Gasteiger partial charge on any atom is -0.495 e. The van der Waals surface area contributed by atoms with Crippen molar-refractivity contribution in [3.8, 4) is 5.75 Å². The monoisotopic (exact) mass is 467 g/mol. The maximum Gasteiger partial charge on any atom is 0.268 e. The van der Waals surface area contributed by atoms with Crippen molar-refractivity contribution in [3.63, 3.8) is 0 Å². The number of fused-ring (bicyclic) bond motifs is 1. The molecule has 172 valence electrons. The van der Waals surface area contributed by atoms with Crippen LogP contribution in [-0.2, 0) is 21.2 Å². The Morgan fingerprint density at radius 1 is 1.24 bits per heavy atom. The highest BCUT2D eigenvalue weighted by Gasteiger charge is 2.37. The Kier molecular flexibility index (Phi) is 5.99. The predicted molar refractivity (Wildman–Crippen MR) is 127 cm³/mol. The molecule has 33 heavy (non-hydrogen) atoms. The van der Waals surface area contributed by atoms with E-state index in [1.165, 1.54) is 18.3 Å². The van der Waals surface area contributed by atoms with E-state index in [-0.39, 0.29) is 22.6 Å². The first kappa shape index (κ1) is 22.6. The molecule has 0 saturated carbocycles. The Hall–Kier alpha value is -3.59. The number of benzene rings is 2. The van der Waals surface area contributed by atoms with Crippen LogP contribution in [0, 0.1) is 6.92 Å². The van der Waals surface area contributed by atoms with E-state index in [1.807, 2.05) is 31.2 Å². The number of aryl methyl sites for hydroxylation is 1. The smallest absolute Gasteiger partial charge is 0.268 e. The number of sulfonamides is 1. The minimum atomic E-state index is -3.89. The molecule has 3 aromatic rings.